The van der Waals surface area contributed by atoms with Crippen molar-refractivity contribution in [1.29, 1.82) is 0 Å². The van der Waals surface area contributed by atoms with Crippen molar-refractivity contribution in [2.45, 2.75) is 19.0 Å². The maximum Gasteiger partial charge on any atom is 0.416 e. The summed E-state index contributed by atoms with van der Waals surface area (Å²) in [6.07, 6.45) is -0.119. The van der Waals surface area contributed by atoms with E-state index in [1.807, 2.05) is 0 Å². The zero-order valence-corrected chi connectivity index (χ0v) is 18.9. The van der Waals surface area contributed by atoms with Crippen LogP contribution in [-0.2, 0) is 6.18 Å². The maximum absolute atomic E-state index is 13.3. The van der Waals surface area contributed by atoms with Gasteiger partial charge in [-0.05, 0) is 49.2 Å². The summed E-state index contributed by atoms with van der Waals surface area (Å²) in [5.74, 6) is 1.09. The third kappa shape index (κ3) is 4.99. The van der Waals surface area contributed by atoms with Gasteiger partial charge in [-0.1, -0.05) is 18.2 Å². The molecule has 4 aromatic rings. The predicted molar refractivity (Wildman–Crippen MR) is 128 cm³/mol. The number of hydrogen-bond acceptors (Lipinski definition) is 6. The van der Waals surface area contributed by atoms with Crippen LogP contribution < -0.4 is 15.5 Å². The molecule has 3 aromatic heterocycles. The monoisotopic (exact) mass is 494 g/mol. The molecular weight excluding hydrogens is 473 g/mol. The lowest BCUT2D eigenvalue weighted by Crippen LogP contribution is -2.38. The van der Waals surface area contributed by atoms with Gasteiger partial charge in [0, 0.05) is 18.7 Å². The number of urea groups is 1. The number of amides is 2. The summed E-state index contributed by atoms with van der Waals surface area (Å²) in [7, 11) is 0. The molecule has 36 heavy (non-hydrogen) atoms. The maximum atomic E-state index is 13.3. The van der Waals surface area contributed by atoms with Gasteiger partial charge >= 0.3 is 12.2 Å². The highest BCUT2D eigenvalue weighted by Gasteiger charge is 2.31. The Kier molecular flexibility index (Phi) is 6.28. The van der Waals surface area contributed by atoms with Gasteiger partial charge in [0.05, 0.1) is 23.1 Å². The summed E-state index contributed by atoms with van der Waals surface area (Å²) in [5, 5.41) is 6.05. The number of nitrogens with zero attached hydrogens (tertiary/aromatic N) is 4. The number of pyridine rings is 2. The Balaban J connectivity index is 1.47. The van der Waals surface area contributed by atoms with Crippen LogP contribution in [0.2, 0.25) is 0 Å². The normalized spacial score (nSPS) is 13.8. The van der Waals surface area contributed by atoms with Crippen LogP contribution in [0.4, 0.5) is 35.3 Å². The van der Waals surface area contributed by atoms with Crippen molar-refractivity contribution in [2.75, 3.05) is 28.6 Å². The predicted octanol–water partition coefficient (Wildman–Crippen LogP) is 6.06. The first-order valence-electron chi connectivity index (χ1n) is 11.3. The Hall–Kier alpha value is -4.41. The fourth-order valence-electron chi connectivity index (χ4n) is 3.89. The molecule has 0 saturated heterocycles. The van der Waals surface area contributed by atoms with Crippen molar-refractivity contribution in [1.82, 2.24) is 15.0 Å². The standard InChI is InChI=1S/C25H21F3N6O2/c26-25(27,28)17-6-3-5-16(13-17)18-9-10-20-23(32-18)34(12-2-1-11-30-20)24(35)33-22-8-4-7-19(31-22)21-14-29-15-36-21/h3-10,13-15,30H,1-2,11-12H2,(H,31,33,35). The van der Waals surface area contributed by atoms with Gasteiger partial charge in [0.1, 0.15) is 11.5 Å². The van der Waals surface area contributed by atoms with Gasteiger partial charge < -0.3 is 9.73 Å². The minimum Gasteiger partial charge on any atom is -0.442 e. The largest absolute Gasteiger partial charge is 0.442 e. The average Bonchev–Trinajstić information content (AvgIpc) is 3.39. The molecule has 4 heterocycles. The zero-order chi connectivity index (χ0) is 25.1. The second-order valence-electron chi connectivity index (χ2n) is 8.14. The highest BCUT2D eigenvalue weighted by atomic mass is 19.4. The van der Waals surface area contributed by atoms with Crippen LogP contribution in [0.1, 0.15) is 18.4 Å². The number of aromatic nitrogens is 3. The molecule has 0 saturated carbocycles. The molecule has 0 aliphatic carbocycles. The fourth-order valence-corrected chi connectivity index (χ4v) is 3.89. The molecule has 1 aliphatic heterocycles. The number of fused-ring (bicyclic) bond motifs is 1. The Morgan fingerprint density at radius 1 is 1.03 bits per heavy atom. The lowest BCUT2D eigenvalue weighted by Gasteiger charge is -2.27. The van der Waals surface area contributed by atoms with E-state index >= 15 is 0 Å². The number of halogens is 3. The van der Waals surface area contributed by atoms with Crippen molar-refractivity contribution in [3.8, 4) is 22.7 Å². The van der Waals surface area contributed by atoms with E-state index in [0.717, 1.165) is 18.6 Å². The van der Waals surface area contributed by atoms with Crippen LogP contribution in [0.5, 0.6) is 0 Å². The van der Waals surface area contributed by atoms with Crippen LogP contribution >= 0.6 is 0 Å². The SMILES string of the molecule is O=C(Nc1cccc(-c2cnco2)n1)N1CCCCNc2ccc(-c3cccc(C(F)(F)F)c3)nc21. The van der Waals surface area contributed by atoms with E-state index in [2.05, 4.69) is 25.6 Å². The first-order valence-corrected chi connectivity index (χ1v) is 11.3. The smallest absolute Gasteiger partial charge is 0.416 e. The highest BCUT2D eigenvalue weighted by molar-refractivity contribution is 6.02. The number of nitrogens with one attached hydrogen (secondary N) is 2. The molecule has 0 atom stereocenters. The van der Waals surface area contributed by atoms with Gasteiger partial charge in [-0.2, -0.15) is 13.2 Å². The molecule has 184 valence electrons. The van der Waals surface area contributed by atoms with E-state index in [0.29, 0.717) is 59.5 Å². The Labute approximate surface area is 204 Å². The molecule has 0 spiro atoms. The van der Waals surface area contributed by atoms with Crippen LogP contribution in [0.15, 0.2) is 71.6 Å². The van der Waals surface area contributed by atoms with Crippen molar-refractivity contribution in [2.24, 2.45) is 0 Å². The van der Waals surface area contributed by atoms with Gasteiger partial charge in [0.15, 0.2) is 18.0 Å². The summed E-state index contributed by atoms with van der Waals surface area (Å²) in [6, 6.07) is 13.0. The van der Waals surface area contributed by atoms with Crippen LogP contribution in [-0.4, -0.2) is 34.1 Å². The van der Waals surface area contributed by atoms with Gasteiger partial charge in [-0.3, -0.25) is 10.2 Å². The lowest BCUT2D eigenvalue weighted by molar-refractivity contribution is -0.137. The van der Waals surface area contributed by atoms with Gasteiger partial charge in [-0.25, -0.2) is 19.7 Å². The summed E-state index contributed by atoms with van der Waals surface area (Å²) in [5.41, 5.74) is 0.981. The van der Waals surface area contributed by atoms with Gasteiger partial charge in [-0.15, -0.1) is 0 Å². The average molecular weight is 494 g/mol. The Bertz CT molecular complexity index is 1370. The molecule has 1 aliphatic rings. The van der Waals surface area contributed by atoms with E-state index in [9.17, 15) is 18.0 Å². The van der Waals surface area contributed by atoms with Crippen molar-refractivity contribution in [3.63, 3.8) is 0 Å². The van der Waals surface area contributed by atoms with Crippen molar-refractivity contribution in [3.05, 3.63) is 72.8 Å². The van der Waals surface area contributed by atoms with Crippen molar-refractivity contribution >= 4 is 23.4 Å². The summed E-state index contributed by atoms with van der Waals surface area (Å²) < 4.78 is 45.0. The number of carbonyl (C=O) groups excluding carboxylic acids is 1. The van der Waals surface area contributed by atoms with E-state index in [-0.39, 0.29) is 0 Å². The van der Waals surface area contributed by atoms with E-state index in [1.165, 1.54) is 23.6 Å². The number of alkyl halides is 3. The van der Waals surface area contributed by atoms with Gasteiger partial charge in [0.2, 0.25) is 0 Å². The summed E-state index contributed by atoms with van der Waals surface area (Å²) >= 11 is 0. The number of anilines is 3. The molecule has 2 amide bonds. The Morgan fingerprint density at radius 3 is 2.69 bits per heavy atom. The van der Waals surface area contributed by atoms with Crippen LogP contribution in [0.25, 0.3) is 22.7 Å². The second-order valence-corrected chi connectivity index (χ2v) is 8.14. The molecule has 2 N–H and O–H groups in total. The van der Waals surface area contributed by atoms with E-state index in [4.69, 9.17) is 4.42 Å². The molecule has 0 bridgehead atoms. The molecule has 1 aromatic carbocycles. The molecule has 11 heteroatoms. The number of rotatable bonds is 3. The number of benzene rings is 1. The summed E-state index contributed by atoms with van der Waals surface area (Å²) in [4.78, 5) is 27.7. The van der Waals surface area contributed by atoms with E-state index < -0.39 is 17.8 Å². The quantitative estimate of drug-likeness (QED) is 0.359. The second kappa shape index (κ2) is 9.68. The molecule has 0 unspecified atom stereocenters. The minimum atomic E-state index is -4.47. The first kappa shape index (κ1) is 23.3. The Morgan fingerprint density at radius 2 is 1.89 bits per heavy atom. The van der Waals surface area contributed by atoms with E-state index in [1.54, 1.807) is 36.4 Å². The zero-order valence-electron chi connectivity index (χ0n) is 18.9. The first-order chi connectivity index (χ1) is 17.4. The molecular formula is C25H21F3N6O2. The van der Waals surface area contributed by atoms with Gasteiger partial charge in [0.25, 0.3) is 0 Å². The summed E-state index contributed by atoms with van der Waals surface area (Å²) in [6.45, 7) is 1.06. The molecule has 8 nitrogen and oxygen atoms in total. The van der Waals surface area contributed by atoms with Crippen LogP contribution in [0, 0.1) is 0 Å². The fraction of sp³-hybridized carbons (Fsp3) is 0.200. The highest BCUT2D eigenvalue weighted by Crippen LogP contribution is 2.34. The van der Waals surface area contributed by atoms with Crippen LogP contribution in [0.3, 0.4) is 0 Å². The minimum absolute atomic E-state index is 0.302. The number of oxazole rings is 1. The number of carbonyl (C=O) groups is 1. The van der Waals surface area contributed by atoms with Crippen molar-refractivity contribution < 1.29 is 22.4 Å². The number of hydrogen-bond donors (Lipinski definition) is 2. The third-order valence-corrected chi connectivity index (χ3v) is 5.65. The molecule has 5 rings (SSSR count). The molecule has 0 fully saturated rings. The topological polar surface area (TPSA) is 96.2 Å². The third-order valence-electron chi connectivity index (χ3n) is 5.65. The molecule has 0 radical (unpaired) electrons. The lowest BCUT2D eigenvalue weighted by atomic mass is 10.1.